The minimum atomic E-state index is -0.589. The Balaban J connectivity index is 1.40. The molecule has 1 aliphatic heterocycles. The van der Waals surface area contributed by atoms with E-state index in [0.717, 1.165) is 11.9 Å². The van der Waals surface area contributed by atoms with Gasteiger partial charge in [0.1, 0.15) is 0 Å². The van der Waals surface area contributed by atoms with Crippen LogP contribution >= 0.6 is 11.3 Å². The highest BCUT2D eigenvalue weighted by Crippen LogP contribution is 2.24. The summed E-state index contributed by atoms with van der Waals surface area (Å²) in [7, 11) is 0. The largest absolute Gasteiger partial charge is 0.451 e. The van der Waals surface area contributed by atoms with Gasteiger partial charge in [0.2, 0.25) is 0 Å². The van der Waals surface area contributed by atoms with Crippen LogP contribution in [0.4, 0.5) is 0 Å². The van der Waals surface area contributed by atoms with E-state index in [1.165, 1.54) is 10.4 Å². The van der Waals surface area contributed by atoms with Crippen LogP contribution in [0.25, 0.3) is 10.9 Å². The fourth-order valence-corrected chi connectivity index (χ4v) is 3.76. The molecule has 0 atom stereocenters. The lowest BCUT2D eigenvalue weighted by Gasteiger charge is -2.26. The maximum atomic E-state index is 12.3. The van der Waals surface area contributed by atoms with E-state index < -0.39 is 5.97 Å². The Hall–Kier alpha value is -2.67. The van der Waals surface area contributed by atoms with Crippen LogP contribution in [0.5, 0.6) is 0 Å². The number of nitrogens with one attached hydrogen (secondary N) is 1. The Kier molecular flexibility index (Phi) is 3.78. The number of amides is 1. The Bertz CT molecular complexity index is 915. The van der Waals surface area contributed by atoms with Crippen LogP contribution in [0.1, 0.15) is 20.9 Å². The average molecular weight is 341 g/mol. The first kappa shape index (κ1) is 14.9. The summed E-state index contributed by atoms with van der Waals surface area (Å²) >= 11 is 1.72. The number of nitrogens with zero attached hydrogens (tertiary/aromatic N) is 2. The molecule has 4 rings (SSSR count). The Morgan fingerprint density at radius 1 is 1.29 bits per heavy atom. The van der Waals surface area contributed by atoms with Gasteiger partial charge in [-0.1, -0.05) is 18.2 Å². The second kappa shape index (κ2) is 6.09. The lowest BCUT2D eigenvalue weighted by molar-refractivity contribution is -0.135. The maximum Gasteiger partial charge on any atom is 0.359 e. The summed E-state index contributed by atoms with van der Waals surface area (Å²) in [6, 6.07) is 9.35. The highest BCUT2D eigenvalue weighted by Gasteiger charge is 2.23. The van der Waals surface area contributed by atoms with Crippen molar-refractivity contribution in [3.05, 3.63) is 51.8 Å². The summed E-state index contributed by atoms with van der Waals surface area (Å²) in [5.41, 5.74) is 2.15. The van der Waals surface area contributed by atoms with E-state index in [2.05, 4.69) is 10.2 Å². The molecule has 1 amide bonds. The maximum absolute atomic E-state index is 12.3. The molecule has 3 aromatic rings. The van der Waals surface area contributed by atoms with Crippen LogP contribution in [-0.2, 0) is 22.5 Å². The lowest BCUT2D eigenvalue weighted by Crippen LogP contribution is -2.38. The van der Waals surface area contributed by atoms with Gasteiger partial charge in [-0.15, -0.1) is 11.3 Å². The summed E-state index contributed by atoms with van der Waals surface area (Å²) in [6.07, 6.45) is 0.858. The Labute approximate surface area is 142 Å². The first-order chi connectivity index (χ1) is 11.7. The number of aromatic nitrogens is 2. The van der Waals surface area contributed by atoms with Crippen molar-refractivity contribution in [2.45, 2.75) is 13.0 Å². The number of H-pyrrole nitrogens is 1. The standard InChI is InChI=1S/C17H15N3O3S/c21-15(20-7-5-14-11(9-20)6-8-24-14)10-23-17(22)16-12-3-1-2-4-13(12)18-19-16/h1-4,6,8H,5,7,9-10H2,(H,18,19). The number of carbonyl (C=O) groups excluding carboxylic acids is 2. The van der Waals surface area contributed by atoms with Crippen molar-refractivity contribution in [3.63, 3.8) is 0 Å². The molecule has 0 fully saturated rings. The zero-order chi connectivity index (χ0) is 16.5. The molecule has 0 radical (unpaired) electrons. The number of benzene rings is 1. The highest BCUT2D eigenvalue weighted by molar-refractivity contribution is 7.10. The Morgan fingerprint density at radius 2 is 2.17 bits per heavy atom. The number of carbonyl (C=O) groups is 2. The van der Waals surface area contributed by atoms with Crippen molar-refractivity contribution in [1.82, 2.24) is 15.1 Å². The zero-order valence-corrected chi connectivity index (χ0v) is 13.6. The van der Waals surface area contributed by atoms with E-state index in [1.54, 1.807) is 22.3 Å². The van der Waals surface area contributed by atoms with Crippen LogP contribution < -0.4 is 0 Å². The fourth-order valence-electron chi connectivity index (χ4n) is 2.87. The molecule has 3 heterocycles. The van der Waals surface area contributed by atoms with Gasteiger partial charge in [-0.2, -0.15) is 5.10 Å². The van der Waals surface area contributed by atoms with Crippen molar-refractivity contribution < 1.29 is 14.3 Å². The minimum Gasteiger partial charge on any atom is -0.451 e. The number of aromatic amines is 1. The lowest BCUT2D eigenvalue weighted by atomic mass is 10.1. The number of rotatable bonds is 3. The molecule has 24 heavy (non-hydrogen) atoms. The van der Waals surface area contributed by atoms with Gasteiger partial charge in [-0.3, -0.25) is 9.89 Å². The normalized spacial score (nSPS) is 13.8. The third-order valence-corrected chi connectivity index (χ3v) is 5.17. The molecular formula is C17H15N3O3S. The summed E-state index contributed by atoms with van der Waals surface area (Å²) in [5.74, 6) is -0.769. The van der Waals surface area contributed by atoms with E-state index in [0.29, 0.717) is 18.5 Å². The zero-order valence-electron chi connectivity index (χ0n) is 12.8. The first-order valence-corrected chi connectivity index (χ1v) is 8.53. The summed E-state index contributed by atoms with van der Waals surface area (Å²) in [5, 5.41) is 9.50. The smallest absolute Gasteiger partial charge is 0.359 e. The van der Waals surface area contributed by atoms with Crippen molar-refractivity contribution in [2.75, 3.05) is 13.2 Å². The molecule has 122 valence electrons. The minimum absolute atomic E-state index is 0.181. The van der Waals surface area contributed by atoms with Gasteiger partial charge in [0.25, 0.3) is 5.91 Å². The van der Waals surface area contributed by atoms with E-state index in [1.807, 2.05) is 29.6 Å². The van der Waals surface area contributed by atoms with Crippen molar-refractivity contribution in [3.8, 4) is 0 Å². The predicted octanol–water partition coefficient (Wildman–Crippen LogP) is 2.37. The number of para-hydroxylation sites is 1. The second-order valence-corrected chi connectivity index (χ2v) is 6.63. The molecule has 0 bridgehead atoms. The highest BCUT2D eigenvalue weighted by atomic mass is 32.1. The SMILES string of the molecule is O=C(OCC(=O)N1CCc2sccc2C1)c1n[nH]c2ccccc12. The second-order valence-electron chi connectivity index (χ2n) is 5.63. The Morgan fingerprint density at radius 3 is 3.08 bits per heavy atom. The van der Waals surface area contributed by atoms with Crippen LogP contribution in [0.2, 0.25) is 0 Å². The predicted molar refractivity (Wildman–Crippen MR) is 89.8 cm³/mol. The van der Waals surface area contributed by atoms with Gasteiger partial charge in [0.05, 0.1) is 5.52 Å². The molecule has 1 aliphatic rings. The summed E-state index contributed by atoms with van der Waals surface area (Å²) in [4.78, 5) is 27.5. The number of hydrogen-bond donors (Lipinski definition) is 1. The van der Waals surface area contributed by atoms with Crippen LogP contribution in [-0.4, -0.2) is 40.1 Å². The van der Waals surface area contributed by atoms with Gasteiger partial charge in [-0.05, 0) is 29.5 Å². The topological polar surface area (TPSA) is 75.3 Å². The van der Waals surface area contributed by atoms with Crippen LogP contribution in [0, 0.1) is 0 Å². The molecule has 0 spiro atoms. The van der Waals surface area contributed by atoms with Crippen molar-refractivity contribution in [1.29, 1.82) is 0 Å². The number of hydrogen-bond acceptors (Lipinski definition) is 5. The molecule has 1 aromatic carbocycles. The molecular weight excluding hydrogens is 326 g/mol. The quantitative estimate of drug-likeness (QED) is 0.742. The van der Waals surface area contributed by atoms with Gasteiger partial charge in [0, 0.05) is 23.4 Å². The third-order valence-electron chi connectivity index (χ3n) is 4.15. The monoisotopic (exact) mass is 341 g/mol. The van der Waals surface area contributed by atoms with Gasteiger partial charge in [0.15, 0.2) is 12.3 Å². The van der Waals surface area contributed by atoms with Crippen molar-refractivity contribution in [2.24, 2.45) is 0 Å². The first-order valence-electron chi connectivity index (χ1n) is 7.65. The van der Waals surface area contributed by atoms with Gasteiger partial charge >= 0.3 is 5.97 Å². The van der Waals surface area contributed by atoms with Crippen LogP contribution in [0.3, 0.4) is 0 Å². The third kappa shape index (κ3) is 2.67. The number of esters is 1. The van der Waals surface area contributed by atoms with Gasteiger partial charge < -0.3 is 9.64 Å². The van der Waals surface area contributed by atoms with E-state index in [9.17, 15) is 9.59 Å². The number of ether oxygens (including phenoxy) is 1. The number of thiophene rings is 1. The molecule has 0 aliphatic carbocycles. The molecule has 0 saturated carbocycles. The molecule has 0 unspecified atom stereocenters. The van der Waals surface area contributed by atoms with E-state index in [-0.39, 0.29) is 18.2 Å². The summed E-state index contributed by atoms with van der Waals surface area (Å²) in [6.45, 7) is 0.981. The van der Waals surface area contributed by atoms with Crippen LogP contribution in [0.15, 0.2) is 35.7 Å². The molecule has 6 nitrogen and oxygen atoms in total. The van der Waals surface area contributed by atoms with Crippen molar-refractivity contribution >= 4 is 34.1 Å². The fraction of sp³-hybridized carbons (Fsp3) is 0.235. The molecule has 7 heteroatoms. The molecule has 0 saturated heterocycles. The molecule has 1 N–H and O–H groups in total. The van der Waals surface area contributed by atoms with E-state index in [4.69, 9.17) is 4.74 Å². The number of fused-ring (bicyclic) bond motifs is 2. The van der Waals surface area contributed by atoms with E-state index >= 15 is 0 Å². The average Bonchev–Trinajstić information content (AvgIpc) is 3.25. The summed E-state index contributed by atoms with van der Waals surface area (Å²) < 4.78 is 5.17. The molecule has 2 aromatic heterocycles. The van der Waals surface area contributed by atoms with Gasteiger partial charge in [-0.25, -0.2) is 4.79 Å².